The van der Waals surface area contributed by atoms with Crippen molar-refractivity contribution in [1.82, 2.24) is 4.98 Å². The quantitative estimate of drug-likeness (QED) is 0.796. The van der Waals surface area contributed by atoms with Gasteiger partial charge in [0.1, 0.15) is 5.75 Å². The summed E-state index contributed by atoms with van der Waals surface area (Å²) in [6.07, 6.45) is 3.32. The molecule has 82 valence electrons. The summed E-state index contributed by atoms with van der Waals surface area (Å²) in [6.45, 7) is 0. The Balaban J connectivity index is 2.16. The fourth-order valence-corrected chi connectivity index (χ4v) is 1.63. The molecule has 0 bridgehead atoms. The van der Waals surface area contributed by atoms with Crippen LogP contribution >= 0.6 is 0 Å². The number of carbonyl (C=O) groups excluding carboxylic acids is 1. The monoisotopic (exact) mass is 215 g/mol. The van der Waals surface area contributed by atoms with Gasteiger partial charge in [-0.05, 0) is 23.8 Å². The molecule has 1 aromatic heterocycles. The van der Waals surface area contributed by atoms with Crippen LogP contribution < -0.4 is 4.74 Å². The van der Waals surface area contributed by atoms with Gasteiger partial charge in [0, 0.05) is 23.9 Å². The Morgan fingerprint density at radius 1 is 1.38 bits per heavy atom. The zero-order chi connectivity index (χ0) is 11.4. The zero-order valence-corrected chi connectivity index (χ0v) is 9.07. The Labute approximate surface area is 94.1 Å². The van der Waals surface area contributed by atoms with Crippen molar-refractivity contribution in [2.75, 3.05) is 7.11 Å². The zero-order valence-electron chi connectivity index (χ0n) is 9.07. The van der Waals surface area contributed by atoms with Crippen LogP contribution in [0.15, 0.2) is 36.5 Å². The molecule has 1 aromatic carbocycles. The fraction of sp³-hybridized carbons (Fsp3) is 0.154. The molecule has 0 atom stereocenters. The van der Waals surface area contributed by atoms with E-state index >= 15 is 0 Å². The lowest BCUT2D eigenvalue weighted by Gasteiger charge is -2.02. The molecular weight excluding hydrogens is 202 g/mol. The Kier molecular flexibility index (Phi) is 3.05. The van der Waals surface area contributed by atoms with Gasteiger partial charge in [0.15, 0.2) is 6.29 Å². The van der Waals surface area contributed by atoms with E-state index in [1.54, 1.807) is 13.3 Å². The standard InChI is InChI=1S/C13H13NO2/c1-16-13-4-2-3-10(7-13)5-12-6-11(9-15)8-14-12/h2-4,6-9,14H,5H2,1H3. The third-order valence-electron chi connectivity index (χ3n) is 2.43. The number of aromatic amines is 1. The Morgan fingerprint density at radius 3 is 2.94 bits per heavy atom. The van der Waals surface area contributed by atoms with Gasteiger partial charge in [0.2, 0.25) is 0 Å². The van der Waals surface area contributed by atoms with Gasteiger partial charge in [0.25, 0.3) is 0 Å². The second-order valence-corrected chi connectivity index (χ2v) is 3.60. The maximum Gasteiger partial charge on any atom is 0.151 e. The first kappa shape index (κ1) is 10.5. The predicted octanol–water partition coefficient (Wildman–Crippen LogP) is 2.43. The van der Waals surface area contributed by atoms with Crippen LogP contribution in [0.2, 0.25) is 0 Å². The number of methoxy groups -OCH3 is 1. The third kappa shape index (κ3) is 2.31. The van der Waals surface area contributed by atoms with Crippen LogP contribution in [-0.4, -0.2) is 18.4 Å². The van der Waals surface area contributed by atoms with Crippen molar-refractivity contribution in [1.29, 1.82) is 0 Å². The Morgan fingerprint density at radius 2 is 2.25 bits per heavy atom. The van der Waals surface area contributed by atoms with Gasteiger partial charge in [-0.3, -0.25) is 4.79 Å². The summed E-state index contributed by atoms with van der Waals surface area (Å²) in [5.74, 6) is 0.847. The summed E-state index contributed by atoms with van der Waals surface area (Å²) >= 11 is 0. The van der Waals surface area contributed by atoms with E-state index in [1.807, 2.05) is 30.3 Å². The van der Waals surface area contributed by atoms with Crippen LogP contribution in [0.1, 0.15) is 21.6 Å². The predicted molar refractivity (Wildman–Crippen MR) is 62.0 cm³/mol. The molecule has 0 aliphatic carbocycles. The number of ether oxygens (including phenoxy) is 1. The Hall–Kier alpha value is -2.03. The van der Waals surface area contributed by atoms with E-state index in [0.29, 0.717) is 5.56 Å². The summed E-state index contributed by atoms with van der Waals surface area (Å²) in [6, 6.07) is 9.74. The van der Waals surface area contributed by atoms with Gasteiger partial charge >= 0.3 is 0 Å². The van der Waals surface area contributed by atoms with Gasteiger partial charge in [-0.1, -0.05) is 12.1 Å². The number of aldehydes is 1. The lowest BCUT2D eigenvalue weighted by atomic mass is 10.1. The van der Waals surface area contributed by atoms with Crippen LogP contribution in [0.5, 0.6) is 5.75 Å². The molecule has 0 aliphatic rings. The van der Waals surface area contributed by atoms with Crippen molar-refractivity contribution in [3.63, 3.8) is 0 Å². The molecule has 3 nitrogen and oxygen atoms in total. The van der Waals surface area contributed by atoms with E-state index in [1.165, 1.54) is 0 Å². The topological polar surface area (TPSA) is 42.1 Å². The van der Waals surface area contributed by atoms with Gasteiger partial charge in [-0.25, -0.2) is 0 Å². The van der Waals surface area contributed by atoms with E-state index in [0.717, 1.165) is 29.7 Å². The lowest BCUT2D eigenvalue weighted by molar-refractivity contribution is 0.112. The van der Waals surface area contributed by atoms with Gasteiger partial charge in [-0.15, -0.1) is 0 Å². The first-order valence-corrected chi connectivity index (χ1v) is 5.07. The first-order valence-electron chi connectivity index (χ1n) is 5.07. The molecule has 3 heteroatoms. The first-order chi connectivity index (χ1) is 7.81. The number of benzene rings is 1. The molecule has 1 N–H and O–H groups in total. The van der Waals surface area contributed by atoms with Crippen molar-refractivity contribution < 1.29 is 9.53 Å². The van der Waals surface area contributed by atoms with E-state index in [2.05, 4.69) is 4.98 Å². The number of H-pyrrole nitrogens is 1. The lowest BCUT2D eigenvalue weighted by Crippen LogP contribution is -1.89. The maximum atomic E-state index is 10.5. The van der Waals surface area contributed by atoms with Crippen molar-refractivity contribution in [2.24, 2.45) is 0 Å². The number of aromatic nitrogens is 1. The largest absolute Gasteiger partial charge is 0.497 e. The van der Waals surface area contributed by atoms with Crippen molar-refractivity contribution in [2.45, 2.75) is 6.42 Å². The average molecular weight is 215 g/mol. The van der Waals surface area contributed by atoms with Crippen molar-refractivity contribution >= 4 is 6.29 Å². The van der Waals surface area contributed by atoms with E-state index in [4.69, 9.17) is 4.74 Å². The number of nitrogens with one attached hydrogen (secondary N) is 1. The van der Waals surface area contributed by atoms with Crippen LogP contribution in [-0.2, 0) is 6.42 Å². The summed E-state index contributed by atoms with van der Waals surface area (Å²) in [4.78, 5) is 13.6. The summed E-state index contributed by atoms with van der Waals surface area (Å²) in [5, 5.41) is 0. The molecule has 2 aromatic rings. The minimum Gasteiger partial charge on any atom is -0.497 e. The number of hydrogen-bond donors (Lipinski definition) is 1. The van der Waals surface area contributed by atoms with Crippen LogP contribution in [0.4, 0.5) is 0 Å². The highest BCUT2D eigenvalue weighted by molar-refractivity contribution is 5.74. The second kappa shape index (κ2) is 4.66. The van der Waals surface area contributed by atoms with Gasteiger partial charge < -0.3 is 9.72 Å². The van der Waals surface area contributed by atoms with Gasteiger partial charge in [0.05, 0.1) is 7.11 Å². The minimum atomic E-state index is 0.679. The highest BCUT2D eigenvalue weighted by Crippen LogP contribution is 2.15. The maximum absolute atomic E-state index is 10.5. The fourth-order valence-electron chi connectivity index (χ4n) is 1.63. The van der Waals surface area contributed by atoms with E-state index < -0.39 is 0 Å². The van der Waals surface area contributed by atoms with E-state index in [-0.39, 0.29) is 0 Å². The molecule has 0 fully saturated rings. The third-order valence-corrected chi connectivity index (χ3v) is 2.43. The molecule has 2 rings (SSSR count). The second-order valence-electron chi connectivity index (χ2n) is 3.60. The van der Waals surface area contributed by atoms with E-state index in [9.17, 15) is 4.79 Å². The molecule has 0 aliphatic heterocycles. The molecule has 1 heterocycles. The summed E-state index contributed by atoms with van der Waals surface area (Å²) in [7, 11) is 1.65. The van der Waals surface area contributed by atoms with Crippen LogP contribution in [0.3, 0.4) is 0 Å². The van der Waals surface area contributed by atoms with Crippen LogP contribution in [0, 0.1) is 0 Å². The SMILES string of the molecule is COc1cccc(Cc2cc(C=O)c[nH]2)c1. The highest BCUT2D eigenvalue weighted by Gasteiger charge is 2.01. The minimum absolute atomic E-state index is 0.679. The molecule has 16 heavy (non-hydrogen) atoms. The molecule has 0 saturated heterocycles. The molecular formula is C13H13NO2. The summed E-state index contributed by atoms with van der Waals surface area (Å²) in [5.41, 5.74) is 2.85. The number of rotatable bonds is 4. The molecule has 0 unspecified atom stereocenters. The summed E-state index contributed by atoms with van der Waals surface area (Å²) < 4.78 is 5.15. The molecule has 0 spiro atoms. The van der Waals surface area contributed by atoms with Crippen LogP contribution in [0.25, 0.3) is 0 Å². The number of carbonyl (C=O) groups is 1. The highest BCUT2D eigenvalue weighted by atomic mass is 16.5. The smallest absolute Gasteiger partial charge is 0.151 e. The van der Waals surface area contributed by atoms with Crippen molar-refractivity contribution in [3.05, 3.63) is 53.3 Å². The number of hydrogen-bond acceptors (Lipinski definition) is 2. The van der Waals surface area contributed by atoms with Gasteiger partial charge in [-0.2, -0.15) is 0 Å². The molecule has 0 amide bonds. The average Bonchev–Trinajstić information content (AvgIpc) is 2.77. The normalized spacial score (nSPS) is 10.1. The molecule has 0 radical (unpaired) electrons. The van der Waals surface area contributed by atoms with Crippen molar-refractivity contribution in [3.8, 4) is 5.75 Å². The molecule has 0 saturated carbocycles. The Bertz CT molecular complexity index is 488.